The SMILES string of the molecule is CCN1CCC(N(C)C(=O)/C=C/c2ccccc2OC)CC1. The van der Waals surface area contributed by atoms with Gasteiger partial charge < -0.3 is 14.5 Å². The summed E-state index contributed by atoms with van der Waals surface area (Å²) in [5.41, 5.74) is 0.924. The van der Waals surface area contributed by atoms with Gasteiger partial charge in [-0.3, -0.25) is 4.79 Å². The first kappa shape index (κ1) is 16.6. The average Bonchev–Trinajstić information content (AvgIpc) is 2.59. The lowest BCUT2D eigenvalue weighted by Gasteiger charge is -2.35. The van der Waals surface area contributed by atoms with Gasteiger partial charge in [-0.1, -0.05) is 25.1 Å². The number of rotatable bonds is 5. The fourth-order valence-corrected chi connectivity index (χ4v) is 2.89. The Morgan fingerprint density at radius 1 is 1.36 bits per heavy atom. The highest BCUT2D eigenvalue weighted by molar-refractivity contribution is 5.92. The van der Waals surface area contributed by atoms with E-state index in [1.165, 1.54) is 0 Å². The van der Waals surface area contributed by atoms with Gasteiger partial charge in [-0.2, -0.15) is 0 Å². The number of amides is 1. The minimum atomic E-state index is 0.0563. The molecular formula is C18H26N2O2. The zero-order chi connectivity index (χ0) is 15.9. The minimum Gasteiger partial charge on any atom is -0.496 e. The summed E-state index contributed by atoms with van der Waals surface area (Å²) in [5.74, 6) is 0.839. The van der Waals surface area contributed by atoms with E-state index in [4.69, 9.17) is 4.74 Å². The molecule has 4 heteroatoms. The van der Waals surface area contributed by atoms with Crippen molar-refractivity contribution in [1.82, 2.24) is 9.80 Å². The van der Waals surface area contributed by atoms with E-state index in [2.05, 4.69) is 11.8 Å². The third kappa shape index (κ3) is 4.10. The number of carbonyl (C=O) groups is 1. The minimum absolute atomic E-state index is 0.0563. The van der Waals surface area contributed by atoms with Gasteiger partial charge in [-0.05, 0) is 31.5 Å². The third-order valence-electron chi connectivity index (χ3n) is 4.44. The van der Waals surface area contributed by atoms with Crippen LogP contribution in [0, 0.1) is 0 Å². The first-order chi connectivity index (χ1) is 10.7. The molecule has 1 aromatic carbocycles. The molecule has 0 aromatic heterocycles. The van der Waals surface area contributed by atoms with Crippen LogP contribution in [0.15, 0.2) is 30.3 Å². The summed E-state index contributed by atoms with van der Waals surface area (Å²) < 4.78 is 5.30. The number of methoxy groups -OCH3 is 1. The summed E-state index contributed by atoms with van der Waals surface area (Å²) in [6.45, 7) is 5.44. The largest absolute Gasteiger partial charge is 0.496 e. The highest BCUT2D eigenvalue weighted by Gasteiger charge is 2.23. The Kier molecular flexibility index (Phi) is 6.01. The van der Waals surface area contributed by atoms with Crippen molar-refractivity contribution >= 4 is 12.0 Å². The maximum Gasteiger partial charge on any atom is 0.246 e. The number of ether oxygens (including phenoxy) is 1. The predicted molar refractivity (Wildman–Crippen MR) is 89.9 cm³/mol. The van der Waals surface area contributed by atoms with Crippen LogP contribution in [0.5, 0.6) is 5.75 Å². The number of carbonyl (C=O) groups excluding carboxylic acids is 1. The molecule has 2 rings (SSSR count). The second kappa shape index (κ2) is 7.99. The van der Waals surface area contributed by atoms with Crippen molar-refractivity contribution in [3.8, 4) is 5.75 Å². The number of likely N-dealkylation sites (N-methyl/N-ethyl adjacent to an activating group) is 1. The van der Waals surface area contributed by atoms with E-state index in [0.717, 1.165) is 43.8 Å². The lowest BCUT2D eigenvalue weighted by molar-refractivity contribution is -0.127. The zero-order valence-corrected chi connectivity index (χ0v) is 13.8. The standard InChI is InChI=1S/C18H26N2O2/c1-4-20-13-11-16(12-14-20)19(2)18(21)10-9-15-7-5-6-8-17(15)22-3/h5-10,16H,4,11-14H2,1-3H3/b10-9+. The number of para-hydroxylation sites is 1. The molecule has 0 N–H and O–H groups in total. The van der Waals surface area contributed by atoms with Crippen LogP contribution < -0.4 is 4.74 Å². The molecule has 120 valence electrons. The summed E-state index contributed by atoms with van der Waals surface area (Å²) in [7, 11) is 3.54. The van der Waals surface area contributed by atoms with E-state index < -0.39 is 0 Å². The van der Waals surface area contributed by atoms with E-state index in [1.807, 2.05) is 42.3 Å². The predicted octanol–water partition coefficient (Wildman–Crippen LogP) is 2.65. The second-order valence-electron chi connectivity index (χ2n) is 5.69. The van der Waals surface area contributed by atoms with Gasteiger partial charge in [0.25, 0.3) is 0 Å². The molecule has 1 aliphatic heterocycles. The molecule has 0 bridgehead atoms. The Morgan fingerprint density at radius 3 is 2.68 bits per heavy atom. The molecular weight excluding hydrogens is 276 g/mol. The normalized spacial score (nSPS) is 16.9. The second-order valence-corrected chi connectivity index (χ2v) is 5.69. The monoisotopic (exact) mass is 302 g/mol. The van der Waals surface area contributed by atoms with Crippen LogP contribution in [0.2, 0.25) is 0 Å². The van der Waals surface area contributed by atoms with E-state index >= 15 is 0 Å². The highest BCUT2D eigenvalue weighted by atomic mass is 16.5. The van der Waals surface area contributed by atoms with E-state index in [0.29, 0.717) is 6.04 Å². The Hall–Kier alpha value is -1.81. The zero-order valence-electron chi connectivity index (χ0n) is 13.8. The number of likely N-dealkylation sites (tertiary alicyclic amines) is 1. The van der Waals surface area contributed by atoms with Crippen LogP contribution in [-0.2, 0) is 4.79 Å². The van der Waals surface area contributed by atoms with Gasteiger partial charge in [0.1, 0.15) is 5.75 Å². The Morgan fingerprint density at radius 2 is 2.05 bits per heavy atom. The molecule has 0 saturated carbocycles. The molecule has 1 aromatic rings. The fraction of sp³-hybridized carbons (Fsp3) is 0.500. The van der Waals surface area contributed by atoms with Crippen LogP contribution >= 0.6 is 0 Å². The molecule has 1 amide bonds. The van der Waals surface area contributed by atoms with E-state index in [-0.39, 0.29) is 5.91 Å². The van der Waals surface area contributed by atoms with Gasteiger partial charge in [-0.25, -0.2) is 0 Å². The van der Waals surface area contributed by atoms with Gasteiger partial charge in [0, 0.05) is 37.8 Å². The number of hydrogen-bond donors (Lipinski definition) is 0. The molecule has 1 heterocycles. The van der Waals surface area contributed by atoms with Crippen LogP contribution in [0.3, 0.4) is 0 Å². The van der Waals surface area contributed by atoms with Crippen molar-refractivity contribution in [2.24, 2.45) is 0 Å². The van der Waals surface area contributed by atoms with Crippen LogP contribution in [-0.4, -0.2) is 55.5 Å². The van der Waals surface area contributed by atoms with Gasteiger partial charge in [0.2, 0.25) is 5.91 Å². The van der Waals surface area contributed by atoms with Crippen LogP contribution in [0.1, 0.15) is 25.3 Å². The van der Waals surface area contributed by atoms with Crippen LogP contribution in [0.25, 0.3) is 6.08 Å². The summed E-state index contributed by atoms with van der Waals surface area (Å²) in [5, 5.41) is 0. The third-order valence-corrected chi connectivity index (χ3v) is 4.44. The van der Waals surface area contributed by atoms with Crippen molar-refractivity contribution in [1.29, 1.82) is 0 Å². The number of benzene rings is 1. The summed E-state index contributed by atoms with van der Waals surface area (Å²) >= 11 is 0. The number of nitrogens with zero attached hydrogens (tertiary/aromatic N) is 2. The van der Waals surface area contributed by atoms with Gasteiger partial charge in [0.05, 0.1) is 7.11 Å². The fourth-order valence-electron chi connectivity index (χ4n) is 2.89. The van der Waals surface area contributed by atoms with Crippen molar-refractivity contribution in [3.63, 3.8) is 0 Å². The number of hydrogen-bond acceptors (Lipinski definition) is 3. The van der Waals surface area contributed by atoms with Crippen molar-refractivity contribution in [2.45, 2.75) is 25.8 Å². The lowest BCUT2D eigenvalue weighted by atomic mass is 10.0. The maximum atomic E-state index is 12.4. The molecule has 1 aliphatic rings. The molecule has 22 heavy (non-hydrogen) atoms. The Balaban J connectivity index is 1.95. The van der Waals surface area contributed by atoms with Gasteiger partial charge in [0.15, 0.2) is 0 Å². The van der Waals surface area contributed by atoms with E-state index in [1.54, 1.807) is 13.2 Å². The molecule has 0 unspecified atom stereocenters. The molecule has 0 radical (unpaired) electrons. The maximum absolute atomic E-state index is 12.4. The summed E-state index contributed by atoms with van der Waals surface area (Å²) in [6, 6.07) is 8.05. The molecule has 0 atom stereocenters. The van der Waals surface area contributed by atoms with Gasteiger partial charge in [-0.15, -0.1) is 0 Å². The first-order valence-corrected chi connectivity index (χ1v) is 7.96. The molecule has 0 aliphatic carbocycles. The summed E-state index contributed by atoms with van der Waals surface area (Å²) in [4.78, 5) is 16.7. The first-order valence-electron chi connectivity index (χ1n) is 7.96. The summed E-state index contributed by atoms with van der Waals surface area (Å²) in [6.07, 6.45) is 5.58. The van der Waals surface area contributed by atoms with Gasteiger partial charge >= 0.3 is 0 Å². The molecule has 4 nitrogen and oxygen atoms in total. The molecule has 0 spiro atoms. The van der Waals surface area contributed by atoms with Crippen LogP contribution in [0.4, 0.5) is 0 Å². The topological polar surface area (TPSA) is 32.8 Å². The molecule has 1 fully saturated rings. The number of piperidine rings is 1. The lowest BCUT2D eigenvalue weighted by Crippen LogP contribution is -2.45. The van der Waals surface area contributed by atoms with Crippen molar-refractivity contribution in [2.75, 3.05) is 33.8 Å². The Bertz CT molecular complexity index is 520. The average molecular weight is 302 g/mol. The molecule has 1 saturated heterocycles. The highest BCUT2D eigenvalue weighted by Crippen LogP contribution is 2.19. The smallest absolute Gasteiger partial charge is 0.246 e. The van der Waals surface area contributed by atoms with Crippen molar-refractivity contribution in [3.05, 3.63) is 35.9 Å². The Labute approximate surface area is 133 Å². The van der Waals surface area contributed by atoms with Crippen molar-refractivity contribution < 1.29 is 9.53 Å². The quantitative estimate of drug-likeness (QED) is 0.784. The van der Waals surface area contributed by atoms with E-state index in [9.17, 15) is 4.79 Å².